The van der Waals surface area contributed by atoms with Crippen LogP contribution in [0, 0.1) is 13.8 Å². The van der Waals surface area contributed by atoms with Gasteiger partial charge in [-0.2, -0.15) is 0 Å². The number of nitrogens with one attached hydrogen (secondary N) is 1. The highest BCUT2D eigenvalue weighted by Crippen LogP contribution is 2.36. The van der Waals surface area contributed by atoms with E-state index >= 15 is 0 Å². The standard InChI is InChI=1S/C25H23N3O4S/c1-15-8-18-20(9-16(15)2)28(25(30)11-19(27-18)23-4-3-7-33-23)13-24(29)26-12-17-5-6-21-22(10-17)32-14-31-21/h3-10H,11-14H2,1-2H3,(H,26,29). The zero-order chi connectivity index (χ0) is 22.9. The third kappa shape index (κ3) is 4.34. The van der Waals surface area contributed by atoms with Crippen molar-refractivity contribution in [1.29, 1.82) is 0 Å². The molecule has 0 unspecified atom stereocenters. The Morgan fingerprint density at radius 3 is 2.76 bits per heavy atom. The Kier molecular flexibility index (Phi) is 5.60. The molecular formula is C25H23N3O4S. The number of rotatable bonds is 5. The van der Waals surface area contributed by atoms with Gasteiger partial charge in [0.15, 0.2) is 11.5 Å². The number of carbonyl (C=O) groups excluding carboxylic acids is 2. The first-order valence-corrected chi connectivity index (χ1v) is 11.5. The summed E-state index contributed by atoms with van der Waals surface area (Å²) in [6.45, 7) is 4.47. The largest absolute Gasteiger partial charge is 0.454 e. The highest BCUT2D eigenvalue weighted by molar-refractivity contribution is 7.12. The number of aliphatic imine (C=N–C) groups is 1. The molecule has 7 nitrogen and oxygen atoms in total. The van der Waals surface area contributed by atoms with Crippen LogP contribution in [-0.2, 0) is 16.1 Å². The topological polar surface area (TPSA) is 80.2 Å². The lowest BCUT2D eigenvalue weighted by Crippen LogP contribution is -2.41. The van der Waals surface area contributed by atoms with E-state index in [1.807, 2.05) is 61.7 Å². The maximum Gasteiger partial charge on any atom is 0.240 e. The summed E-state index contributed by atoms with van der Waals surface area (Å²) < 4.78 is 10.7. The highest BCUT2D eigenvalue weighted by Gasteiger charge is 2.27. The number of nitrogens with zero attached hydrogens (tertiary/aromatic N) is 2. The van der Waals surface area contributed by atoms with Gasteiger partial charge in [0.25, 0.3) is 0 Å². The van der Waals surface area contributed by atoms with Crippen molar-refractivity contribution < 1.29 is 19.1 Å². The Morgan fingerprint density at radius 2 is 1.94 bits per heavy atom. The van der Waals surface area contributed by atoms with Gasteiger partial charge < -0.3 is 19.7 Å². The summed E-state index contributed by atoms with van der Waals surface area (Å²) in [6, 6.07) is 13.4. The van der Waals surface area contributed by atoms with Crippen LogP contribution in [0.5, 0.6) is 11.5 Å². The van der Waals surface area contributed by atoms with Gasteiger partial charge in [-0.25, -0.2) is 4.99 Å². The summed E-state index contributed by atoms with van der Waals surface area (Å²) >= 11 is 1.55. The number of hydrogen-bond acceptors (Lipinski definition) is 6. The first-order chi connectivity index (χ1) is 16.0. The molecule has 0 aliphatic carbocycles. The van der Waals surface area contributed by atoms with E-state index in [2.05, 4.69) is 5.32 Å². The minimum atomic E-state index is -0.246. The number of carbonyl (C=O) groups is 2. The second-order valence-electron chi connectivity index (χ2n) is 8.08. The van der Waals surface area contributed by atoms with Crippen molar-refractivity contribution in [3.05, 3.63) is 69.4 Å². The summed E-state index contributed by atoms with van der Waals surface area (Å²) in [6.07, 6.45) is 0.142. The first kappa shape index (κ1) is 21.2. The monoisotopic (exact) mass is 461 g/mol. The summed E-state index contributed by atoms with van der Waals surface area (Å²) in [5.41, 5.74) is 5.11. The third-order valence-electron chi connectivity index (χ3n) is 5.79. The molecule has 33 heavy (non-hydrogen) atoms. The summed E-state index contributed by atoms with van der Waals surface area (Å²) in [7, 11) is 0. The number of thiophene rings is 1. The van der Waals surface area contributed by atoms with Crippen LogP contribution in [0.3, 0.4) is 0 Å². The average Bonchev–Trinajstić information content (AvgIpc) is 3.47. The number of fused-ring (bicyclic) bond motifs is 2. The van der Waals surface area contributed by atoms with Crippen LogP contribution < -0.4 is 19.7 Å². The van der Waals surface area contributed by atoms with Crippen molar-refractivity contribution in [3.63, 3.8) is 0 Å². The fraction of sp³-hybridized carbons (Fsp3) is 0.240. The van der Waals surface area contributed by atoms with Gasteiger partial charge in [0, 0.05) is 11.4 Å². The van der Waals surface area contributed by atoms with Gasteiger partial charge in [-0.1, -0.05) is 12.1 Å². The molecule has 2 aromatic carbocycles. The van der Waals surface area contributed by atoms with Crippen LogP contribution in [0.15, 0.2) is 52.8 Å². The van der Waals surface area contributed by atoms with Crippen LogP contribution in [0.4, 0.5) is 11.4 Å². The van der Waals surface area contributed by atoms with Gasteiger partial charge in [0.2, 0.25) is 18.6 Å². The van der Waals surface area contributed by atoms with E-state index in [9.17, 15) is 9.59 Å². The fourth-order valence-electron chi connectivity index (χ4n) is 3.86. The number of hydrogen-bond donors (Lipinski definition) is 1. The Labute approximate surface area is 195 Å². The molecule has 0 saturated heterocycles. The maximum atomic E-state index is 13.3. The van der Waals surface area contributed by atoms with E-state index < -0.39 is 0 Å². The molecule has 0 fully saturated rings. The number of amides is 2. The molecule has 0 atom stereocenters. The van der Waals surface area contributed by atoms with Crippen molar-refractivity contribution in [3.8, 4) is 11.5 Å². The van der Waals surface area contributed by atoms with Gasteiger partial charge >= 0.3 is 0 Å². The van der Waals surface area contributed by atoms with E-state index in [0.29, 0.717) is 29.4 Å². The van der Waals surface area contributed by atoms with Crippen molar-refractivity contribution in [2.24, 2.45) is 4.99 Å². The van der Waals surface area contributed by atoms with Crippen LogP contribution in [0.25, 0.3) is 0 Å². The third-order valence-corrected chi connectivity index (χ3v) is 6.71. The Bertz CT molecular complexity index is 1270. The molecule has 2 amide bonds. The molecule has 1 aromatic heterocycles. The van der Waals surface area contributed by atoms with Crippen LogP contribution in [0.1, 0.15) is 28.0 Å². The molecule has 2 aliphatic rings. The van der Waals surface area contributed by atoms with Crippen LogP contribution >= 0.6 is 11.3 Å². The molecule has 0 bridgehead atoms. The molecule has 1 N–H and O–H groups in total. The SMILES string of the molecule is Cc1cc2c(cc1C)N(CC(=O)NCc1ccc3c(c1)OCO3)C(=O)CC(c1cccs1)=N2. The molecule has 0 radical (unpaired) electrons. The molecule has 0 spiro atoms. The van der Waals surface area contributed by atoms with Crippen LogP contribution in [0.2, 0.25) is 0 Å². The van der Waals surface area contributed by atoms with E-state index in [1.165, 1.54) is 0 Å². The van der Waals surface area contributed by atoms with Crippen molar-refractivity contribution in [1.82, 2.24) is 5.32 Å². The fourth-order valence-corrected chi connectivity index (χ4v) is 4.57. The second-order valence-corrected chi connectivity index (χ2v) is 9.03. The molecule has 0 saturated carbocycles. The maximum absolute atomic E-state index is 13.3. The summed E-state index contributed by atoms with van der Waals surface area (Å²) in [5, 5.41) is 4.88. The average molecular weight is 462 g/mol. The number of anilines is 1. The zero-order valence-corrected chi connectivity index (χ0v) is 19.2. The van der Waals surface area contributed by atoms with Gasteiger partial charge in [0.1, 0.15) is 6.54 Å². The van der Waals surface area contributed by atoms with E-state index in [4.69, 9.17) is 14.5 Å². The Morgan fingerprint density at radius 1 is 1.12 bits per heavy atom. The molecule has 8 heteroatoms. The molecule has 3 heterocycles. The van der Waals surface area contributed by atoms with Gasteiger partial charge in [-0.15, -0.1) is 11.3 Å². The number of ether oxygens (including phenoxy) is 2. The predicted molar refractivity (Wildman–Crippen MR) is 128 cm³/mol. The number of aryl methyl sites for hydroxylation is 2. The predicted octanol–water partition coefficient (Wildman–Crippen LogP) is 4.27. The normalized spacial score (nSPS) is 14.5. The van der Waals surface area contributed by atoms with Gasteiger partial charge in [-0.3, -0.25) is 9.59 Å². The lowest BCUT2D eigenvalue weighted by molar-refractivity contribution is -0.123. The minimum Gasteiger partial charge on any atom is -0.454 e. The Hall–Kier alpha value is -3.65. The molecule has 3 aromatic rings. The molecule has 2 aliphatic heterocycles. The smallest absolute Gasteiger partial charge is 0.240 e. The van der Waals surface area contributed by atoms with Crippen molar-refractivity contribution in [2.75, 3.05) is 18.2 Å². The van der Waals surface area contributed by atoms with Gasteiger partial charge in [-0.05, 0) is 66.2 Å². The molecular weight excluding hydrogens is 438 g/mol. The summed E-state index contributed by atoms with van der Waals surface area (Å²) in [4.78, 5) is 33.4. The zero-order valence-electron chi connectivity index (χ0n) is 18.4. The lowest BCUT2D eigenvalue weighted by Gasteiger charge is -2.23. The minimum absolute atomic E-state index is 0.0773. The van der Waals surface area contributed by atoms with Gasteiger partial charge in [0.05, 0.1) is 23.5 Å². The van der Waals surface area contributed by atoms with E-state index in [0.717, 1.165) is 27.3 Å². The van der Waals surface area contributed by atoms with E-state index in [-0.39, 0.29) is 31.6 Å². The Balaban J connectivity index is 1.36. The number of benzene rings is 2. The molecule has 168 valence electrons. The highest BCUT2D eigenvalue weighted by atomic mass is 32.1. The van der Waals surface area contributed by atoms with E-state index in [1.54, 1.807) is 16.2 Å². The lowest BCUT2D eigenvalue weighted by atomic mass is 10.1. The quantitative estimate of drug-likeness (QED) is 0.616. The summed E-state index contributed by atoms with van der Waals surface area (Å²) in [5.74, 6) is 0.971. The van der Waals surface area contributed by atoms with Crippen molar-refractivity contribution >= 4 is 40.2 Å². The first-order valence-electron chi connectivity index (χ1n) is 10.7. The van der Waals surface area contributed by atoms with Crippen molar-refractivity contribution in [2.45, 2.75) is 26.8 Å². The second kappa shape index (κ2) is 8.71. The molecule has 5 rings (SSSR count). The van der Waals surface area contributed by atoms with Crippen LogP contribution in [-0.4, -0.2) is 30.9 Å².